The zero-order chi connectivity index (χ0) is 22.6. The summed E-state index contributed by atoms with van der Waals surface area (Å²) in [5, 5.41) is 14.7. The van der Waals surface area contributed by atoms with Gasteiger partial charge in [0.2, 0.25) is 15.9 Å². The van der Waals surface area contributed by atoms with Gasteiger partial charge in [0.05, 0.1) is 23.0 Å². The van der Waals surface area contributed by atoms with E-state index < -0.39 is 14.9 Å². The van der Waals surface area contributed by atoms with E-state index in [4.69, 9.17) is 9.47 Å². The van der Waals surface area contributed by atoms with Crippen LogP contribution in [0.1, 0.15) is 31.2 Å². The van der Waals surface area contributed by atoms with Gasteiger partial charge in [0.1, 0.15) is 11.8 Å². The largest absolute Gasteiger partial charge is 0.474 e. The van der Waals surface area contributed by atoms with Crippen molar-refractivity contribution in [2.24, 2.45) is 0 Å². The average Bonchev–Trinajstić information content (AvgIpc) is 3.32. The highest BCUT2D eigenvalue weighted by atomic mass is 32.2. The second kappa shape index (κ2) is 9.80. The number of anilines is 1. The zero-order valence-electron chi connectivity index (χ0n) is 17.6. The first-order valence-corrected chi connectivity index (χ1v) is 12.1. The third-order valence-corrected chi connectivity index (χ3v) is 7.57. The van der Waals surface area contributed by atoms with Crippen LogP contribution in [0.5, 0.6) is 5.88 Å². The van der Waals surface area contributed by atoms with Gasteiger partial charge in [-0.3, -0.25) is 10.1 Å². The molecule has 2 aromatic rings. The van der Waals surface area contributed by atoms with Gasteiger partial charge < -0.3 is 14.8 Å². The van der Waals surface area contributed by atoms with E-state index in [2.05, 4.69) is 10.3 Å². The predicted octanol–water partition coefficient (Wildman–Crippen LogP) is 2.94. The minimum absolute atomic E-state index is 0.108. The molecule has 1 aliphatic heterocycles. The van der Waals surface area contributed by atoms with E-state index in [9.17, 15) is 18.5 Å². The molecule has 0 spiro atoms. The molecule has 0 unspecified atom stereocenters. The van der Waals surface area contributed by atoms with Crippen molar-refractivity contribution >= 4 is 21.4 Å². The molecular weight excluding hydrogens is 436 g/mol. The Morgan fingerprint density at radius 3 is 2.69 bits per heavy atom. The van der Waals surface area contributed by atoms with Crippen molar-refractivity contribution in [3.8, 4) is 5.88 Å². The molecule has 1 saturated carbocycles. The number of sulfonamides is 1. The van der Waals surface area contributed by atoms with Crippen LogP contribution in [0.4, 0.5) is 11.4 Å². The van der Waals surface area contributed by atoms with Crippen LogP contribution in [-0.2, 0) is 21.3 Å². The minimum atomic E-state index is -3.83. The number of morpholine rings is 1. The van der Waals surface area contributed by atoms with E-state index in [1.807, 2.05) is 6.07 Å². The van der Waals surface area contributed by atoms with Gasteiger partial charge >= 0.3 is 0 Å². The Morgan fingerprint density at radius 1 is 1.22 bits per heavy atom. The molecule has 0 radical (unpaired) electrons. The van der Waals surface area contributed by atoms with Crippen LogP contribution >= 0.6 is 0 Å². The Balaban J connectivity index is 1.53. The van der Waals surface area contributed by atoms with Gasteiger partial charge in [-0.2, -0.15) is 4.31 Å². The lowest BCUT2D eigenvalue weighted by Gasteiger charge is -2.26. The fourth-order valence-corrected chi connectivity index (χ4v) is 5.36. The lowest BCUT2D eigenvalue weighted by Crippen LogP contribution is -2.40. The molecule has 4 rings (SSSR count). The highest BCUT2D eigenvalue weighted by Crippen LogP contribution is 2.31. The van der Waals surface area contributed by atoms with Crippen LogP contribution in [0.2, 0.25) is 0 Å². The molecule has 1 aliphatic carbocycles. The first-order chi connectivity index (χ1) is 15.4. The summed E-state index contributed by atoms with van der Waals surface area (Å²) >= 11 is 0. The number of nitrogens with zero attached hydrogens (tertiary/aromatic N) is 3. The highest BCUT2D eigenvalue weighted by Gasteiger charge is 2.29. The molecule has 11 heteroatoms. The van der Waals surface area contributed by atoms with Crippen molar-refractivity contribution < 1.29 is 22.8 Å². The summed E-state index contributed by atoms with van der Waals surface area (Å²) in [5.74, 6) is 0.515. The molecule has 1 saturated heterocycles. The third kappa shape index (κ3) is 5.00. The Morgan fingerprint density at radius 2 is 1.97 bits per heavy atom. The number of nitrogens with one attached hydrogen (secondary N) is 1. The van der Waals surface area contributed by atoms with Gasteiger partial charge in [0, 0.05) is 37.5 Å². The van der Waals surface area contributed by atoms with E-state index in [-0.39, 0.29) is 42.0 Å². The molecule has 2 aliphatic rings. The molecule has 172 valence electrons. The Hall–Kier alpha value is -2.76. The first-order valence-electron chi connectivity index (χ1n) is 10.7. The van der Waals surface area contributed by atoms with Crippen LogP contribution < -0.4 is 10.1 Å². The quantitative estimate of drug-likeness (QED) is 0.469. The fraction of sp³-hybridized carbons (Fsp3) is 0.476. The fourth-order valence-electron chi connectivity index (χ4n) is 3.93. The van der Waals surface area contributed by atoms with Crippen LogP contribution in [-0.4, -0.2) is 55.0 Å². The van der Waals surface area contributed by atoms with Crippen molar-refractivity contribution in [2.75, 3.05) is 31.6 Å². The molecule has 2 fully saturated rings. The zero-order valence-corrected chi connectivity index (χ0v) is 18.4. The summed E-state index contributed by atoms with van der Waals surface area (Å²) in [5.41, 5.74) is 0.701. The van der Waals surface area contributed by atoms with Crippen LogP contribution in [0.25, 0.3) is 0 Å². The van der Waals surface area contributed by atoms with Crippen molar-refractivity contribution in [1.29, 1.82) is 0 Å². The number of nitro groups is 1. The smallest absolute Gasteiger partial charge is 0.293 e. The Labute approximate surface area is 186 Å². The first kappa shape index (κ1) is 22.4. The number of aromatic nitrogens is 1. The second-order valence-electron chi connectivity index (χ2n) is 7.80. The number of pyridine rings is 1. The summed E-state index contributed by atoms with van der Waals surface area (Å²) in [6.07, 6.45) is 6.06. The van der Waals surface area contributed by atoms with Crippen LogP contribution in [0.15, 0.2) is 41.4 Å². The second-order valence-corrected chi connectivity index (χ2v) is 9.74. The summed E-state index contributed by atoms with van der Waals surface area (Å²) in [6.45, 7) is 1.31. The van der Waals surface area contributed by atoms with Gasteiger partial charge in [0.15, 0.2) is 0 Å². The molecule has 10 nitrogen and oxygen atoms in total. The topological polar surface area (TPSA) is 124 Å². The number of rotatable bonds is 8. The van der Waals surface area contributed by atoms with Gasteiger partial charge in [0.25, 0.3) is 5.69 Å². The Kier molecular flexibility index (Phi) is 6.87. The molecule has 0 bridgehead atoms. The molecule has 1 N–H and O–H groups in total. The minimum Gasteiger partial charge on any atom is -0.474 e. The maximum Gasteiger partial charge on any atom is 0.293 e. The number of hydrogen-bond acceptors (Lipinski definition) is 8. The molecule has 2 heterocycles. The number of ether oxygens (including phenoxy) is 2. The summed E-state index contributed by atoms with van der Waals surface area (Å²) in [6, 6.07) is 7.56. The average molecular weight is 463 g/mol. The molecule has 0 atom stereocenters. The normalized spacial score (nSPS) is 17.9. The van der Waals surface area contributed by atoms with E-state index >= 15 is 0 Å². The lowest BCUT2D eigenvalue weighted by atomic mass is 10.2. The summed E-state index contributed by atoms with van der Waals surface area (Å²) < 4.78 is 38.2. The number of hydrogen-bond donors (Lipinski definition) is 1. The molecule has 0 amide bonds. The molecule has 1 aromatic carbocycles. The van der Waals surface area contributed by atoms with Crippen LogP contribution in [0.3, 0.4) is 0 Å². The predicted molar refractivity (Wildman–Crippen MR) is 117 cm³/mol. The maximum absolute atomic E-state index is 12.9. The van der Waals surface area contributed by atoms with Gasteiger partial charge in [-0.25, -0.2) is 13.4 Å². The molecule has 1 aromatic heterocycles. The number of nitro benzene ring substituents is 1. The van der Waals surface area contributed by atoms with E-state index in [0.717, 1.165) is 37.3 Å². The SMILES string of the molecule is O=[N+]([O-])c1cc(S(=O)(=O)N2CCOCC2)ccc1NCc1cccnc1OC1CCCC1. The van der Waals surface area contributed by atoms with Crippen molar-refractivity contribution in [3.63, 3.8) is 0 Å². The molecular formula is C21H26N4O6S. The summed E-state index contributed by atoms with van der Waals surface area (Å²) in [7, 11) is -3.83. The van der Waals surface area contributed by atoms with Gasteiger partial charge in [-0.15, -0.1) is 0 Å². The standard InChI is InChI=1S/C21H26N4O6S/c26-25(27)20-14-18(32(28,29)24-10-12-30-13-11-24)7-8-19(20)23-15-16-4-3-9-22-21(16)31-17-5-1-2-6-17/h3-4,7-9,14,17,23H,1-2,5-6,10-13,15H2. The lowest BCUT2D eigenvalue weighted by molar-refractivity contribution is -0.384. The Bertz CT molecular complexity index is 1070. The van der Waals surface area contributed by atoms with Crippen molar-refractivity contribution in [2.45, 2.75) is 43.2 Å². The van der Waals surface area contributed by atoms with E-state index in [1.165, 1.54) is 16.4 Å². The van der Waals surface area contributed by atoms with Crippen molar-refractivity contribution in [1.82, 2.24) is 9.29 Å². The monoisotopic (exact) mass is 462 g/mol. The van der Waals surface area contributed by atoms with Crippen LogP contribution in [0, 0.1) is 10.1 Å². The number of benzene rings is 1. The third-order valence-electron chi connectivity index (χ3n) is 5.67. The maximum atomic E-state index is 12.9. The van der Waals surface area contributed by atoms with Crippen molar-refractivity contribution in [3.05, 3.63) is 52.2 Å². The highest BCUT2D eigenvalue weighted by molar-refractivity contribution is 7.89. The van der Waals surface area contributed by atoms with E-state index in [0.29, 0.717) is 19.1 Å². The molecule has 32 heavy (non-hydrogen) atoms. The van der Waals surface area contributed by atoms with Gasteiger partial charge in [-0.05, 0) is 43.9 Å². The summed E-state index contributed by atoms with van der Waals surface area (Å²) in [4.78, 5) is 15.3. The van der Waals surface area contributed by atoms with Gasteiger partial charge in [-0.1, -0.05) is 6.07 Å². The van der Waals surface area contributed by atoms with E-state index in [1.54, 1.807) is 12.3 Å².